The van der Waals surface area contributed by atoms with Gasteiger partial charge in [0.1, 0.15) is 23.8 Å². The molecule has 0 bridgehead atoms. The van der Waals surface area contributed by atoms with Crippen LogP contribution in [0.1, 0.15) is 0 Å². The summed E-state index contributed by atoms with van der Waals surface area (Å²) in [7, 11) is 0. The molecule has 104 valence electrons. The van der Waals surface area contributed by atoms with Crippen molar-refractivity contribution < 1.29 is 4.39 Å². The van der Waals surface area contributed by atoms with Crippen LogP contribution in [-0.2, 0) is 0 Å². The first-order valence-electron chi connectivity index (χ1n) is 6.58. The van der Waals surface area contributed by atoms with Crippen LogP contribution in [0.5, 0.6) is 0 Å². The van der Waals surface area contributed by atoms with E-state index < -0.39 is 0 Å². The highest BCUT2D eigenvalue weighted by atomic mass is 19.1. The molecule has 0 spiro atoms. The molecule has 0 atom stereocenters. The lowest BCUT2D eigenvalue weighted by Gasteiger charge is -2.30. The number of halogens is 1. The number of rotatable bonds is 2. The summed E-state index contributed by atoms with van der Waals surface area (Å²) in [5.74, 6) is 0.957. The maximum absolute atomic E-state index is 13.1. The predicted molar refractivity (Wildman–Crippen MR) is 76.9 cm³/mol. The van der Waals surface area contributed by atoms with Gasteiger partial charge in [0, 0.05) is 26.2 Å². The minimum absolute atomic E-state index is 0.270. The van der Waals surface area contributed by atoms with Gasteiger partial charge in [0.2, 0.25) is 0 Å². The minimum atomic E-state index is -0.270. The molecule has 3 N–H and O–H groups in total. The van der Waals surface area contributed by atoms with E-state index in [1.807, 2.05) is 0 Å². The SMILES string of the molecule is Nc1ncnc(N2CCNCC2)c1-c1ccc(F)cc1. The fourth-order valence-corrected chi connectivity index (χ4v) is 2.40. The summed E-state index contributed by atoms with van der Waals surface area (Å²) in [6.07, 6.45) is 1.47. The van der Waals surface area contributed by atoms with Gasteiger partial charge in [-0.1, -0.05) is 12.1 Å². The zero-order chi connectivity index (χ0) is 13.9. The molecule has 1 aliphatic rings. The van der Waals surface area contributed by atoms with Gasteiger partial charge in [0.25, 0.3) is 0 Å². The number of piperazine rings is 1. The van der Waals surface area contributed by atoms with Crippen LogP contribution in [0.4, 0.5) is 16.0 Å². The molecular weight excluding hydrogens is 257 g/mol. The Morgan fingerprint density at radius 1 is 1.10 bits per heavy atom. The molecule has 0 unspecified atom stereocenters. The molecule has 5 nitrogen and oxygen atoms in total. The van der Waals surface area contributed by atoms with Gasteiger partial charge >= 0.3 is 0 Å². The largest absolute Gasteiger partial charge is 0.383 e. The summed E-state index contributed by atoms with van der Waals surface area (Å²) >= 11 is 0. The molecule has 1 saturated heterocycles. The molecule has 20 heavy (non-hydrogen) atoms. The third-order valence-corrected chi connectivity index (χ3v) is 3.41. The average Bonchev–Trinajstić information content (AvgIpc) is 2.49. The summed E-state index contributed by atoms with van der Waals surface area (Å²) in [4.78, 5) is 10.6. The van der Waals surface area contributed by atoms with Crippen LogP contribution in [0, 0.1) is 5.82 Å². The number of benzene rings is 1. The molecule has 2 aromatic rings. The van der Waals surface area contributed by atoms with E-state index in [0.29, 0.717) is 5.82 Å². The van der Waals surface area contributed by atoms with Crippen LogP contribution in [0.2, 0.25) is 0 Å². The van der Waals surface area contributed by atoms with Gasteiger partial charge in [0.15, 0.2) is 0 Å². The molecule has 1 aliphatic heterocycles. The second-order valence-electron chi connectivity index (χ2n) is 4.70. The molecule has 6 heteroatoms. The van der Waals surface area contributed by atoms with Gasteiger partial charge in [-0.05, 0) is 17.7 Å². The highest BCUT2D eigenvalue weighted by Gasteiger charge is 2.19. The second kappa shape index (κ2) is 5.42. The van der Waals surface area contributed by atoms with E-state index in [9.17, 15) is 4.39 Å². The van der Waals surface area contributed by atoms with E-state index in [1.165, 1.54) is 18.5 Å². The summed E-state index contributed by atoms with van der Waals surface area (Å²) in [6.45, 7) is 3.55. The Kier molecular flexibility index (Phi) is 3.47. The number of nitrogens with one attached hydrogen (secondary N) is 1. The van der Waals surface area contributed by atoms with Crippen LogP contribution in [0.25, 0.3) is 11.1 Å². The van der Waals surface area contributed by atoms with Crippen LogP contribution < -0.4 is 16.0 Å². The molecule has 0 amide bonds. The summed E-state index contributed by atoms with van der Waals surface area (Å²) < 4.78 is 13.1. The Balaban J connectivity index is 2.06. The van der Waals surface area contributed by atoms with E-state index in [0.717, 1.165) is 43.1 Å². The van der Waals surface area contributed by atoms with Crippen molar-refractivity contribution in [3.63, 3.8) is 0 Å². The van der Waals surface area contributed by atoms with Crippen molar-refractivity contribution in [1.29, 1.82) is 0 Å². The van der Waals surface area contributed by atoms with Crippen LogP contribution >= 0.6 is 0 Å². The Morgan fingerprint density at radius 2 is 1.80 bits per heavy atom. The number of aromatic nitrogens is 2. The maximum Gasteiger partial charge on any atom is 0.142 e. The second-order valence-corrected chi connectivity index (χ2v) is 4.70. The highest BCUT2D eigenvalue weighted by Crippen LogP contribution is 2.32. The highest BCUT2D eigenvalue weighted by molar-refractivity contribution is 5.84. The number of nitrogens with two attached hydrogens (primary N) is 1. The maximum atomic E-state index is 13.1. The molecule has 0 radical (unpaired) electrons. The Labute approximate surface area is 116 Å². The van der Waals surface area contributed by atoms with E-state index >= 15 is 0 Å². The number of nitrogen functional groups attached to an aromatic ring is 1. The summed E-state index contributed by atoms with van der Waals surface area (Å²) in [6, 6.07) is 6.25. The first kappa shape index (κ1) is 12.8. The van der Waals surface area contributed by atoms with Gasteiger partial charge in [-0.2, -0.15) is 0 Å². The van der Waals surface area contributed by atoms with Gasteiger partial charge in [-0.15, -0.1) is 0 Å². The first-order valence-corrected chi connectivity index (χ1v) is 6.58. The molecule has 0 aliphatic carbocycles. The number of anilines is 2. The monoisotopic (exact) mass is 273 g/mol. The fourth-order valence-electron chi connectivity index (χ4n) is 2.40. The molecule has 1 fully saturated rings. The van der Waals surface area contributed by atoms with Crippen LogP contribution in [0.3, 0.4) is 0 Å². The van der Waals surface area contributed by atoms with Gasteiger partial charge in [0.05, 0.1) is 5.56 Å². The van der Waals surface area contributed by atoms with Crippen molar-refractivity contribution in [2.24, 2.45) is 0 Å². The van der Waals surface area contributed by atoms with Crippen molar-refractivity contribution in [2.75, 3.05) is 36.8 Å². The number of hydrogen-bond acceptors (Lipinski definition) is 5. The normalized spacial score (nSPS) is 15.3. The molecule has 3 rings (SSSR count). The topological polar surface area (TPSA) is 67.1 Å². The van der Waals surface area contributed by atoms with Gasteiger partial charge in [-0.25, -0.2) is 14.4 Å². The molecule has 1 aromatic heterocycles. The zero-order valence-corrected chi connectivity index (χ0v) is 11.0. The third-order valence-electron chi connectivity index (χ3n) is 3.41. The molecular formula is C14H16FN5. The van der Waals surface area contributed by atoms with Crippen molar-refractivity contribution in [3.8, 4) is 11.1 Å². The Morgan fingerprint density at radius 3 is 2.50 bits per heavy atom. The smallest absolute Gasteiger partial charge is 0.142 e. The summed E-state index contributed by atoms with van der Waals surface area (Å²) in [5, 5.41) is 3.30. The minimum Gasteiger partial charge on any atom is -0.383 e. The predicted octanol–water partition coefficient (Wildman–Crippen LogP) is 1.27. The fraction of sp³-hybridized carbons (Fsp3) is 0.286. The molecule has 0 saturated carbocycles. The van der Waals surface area contributed by atoms with Crippen molar-refractivity contribution in [1.82, 2.24) is 15.3 Å². The van der Waals surface area contributed by atoms with Crippen molar-refractivity contribution in [2.45, 2.75) is 0 Å². The van der Waals surface area contributed by atoms with Crippen molar-refractivity contribution in [3.05, 3.63) is 36.4 Å². The lowest BCUT2D eigenvalue weighted by molar-refractivity contribution is 0.585. The van der Waals surface area contributed by atoms with Crippen LogP contribution in [0.15, 0.2) is 30.6 Å². The van der Waals surface area contributed by atoms with Crippen molar-refractivity contribution >= 4 is 11.6 Å². The van der Waals surface area contributed by atoms with Crippen LogP contribution in [-0.4, -0.2) is 36.1 Å². The number of hydrogen-bond donors (Lipinski definition) is 2. The van der Waals surface area contributed by atoms with E-state index in [-0.39, 0.29) is 5.82 Å². The zero-order valence-electron chi connectivity index (χ0n) is 11.0. The average molecular weight is 273 g/mol. The Hall–Kier alpha value is -2.21. The third kappa shape index (κ3) is 2.42. The quantitative estimate of drug-likeness (QED) is 0.862. The lowest BCUT2D eigenvalue weighted by Crippen LogP contribution is -2.44. The first-order chi connectivity index (χ1) is 9.75. The number of nitrogens with zero attached hydrogens (tertiary/aromatic N) is 3. The lowest BCUT2D eigenvalue weighted by atomic mass is 10.1. The standard InChI is InChI=1S/C14H16FN5/c15-11-3-1-10(2-4-11)12-13(16)18-9-19-14(12)20-7-5-17-6-8-20/h1-4,9,17H,5-8H2,(H2,16,18,19). The molecule has 2 heterocycles. The Bertz CT molecular complexity index is 593. The van der Waals surface area contributed by atoms with E-state index in [4.69, 9.17) is 5.73 Å². The van der Waals surface area contributed by atoms with Gasteiger partial charge in [-0.3, -0.25) is 0 Å². The van der Waals surface area contributed by atoms with E-state index in [2.05, 4.69) is 20.2 Å². The van der Waals surface area contributed by atoms with Gasteiger partial charge < -0.3 is 16.0 Å². The summed E-state index contributed by atoms with van der Waals surface area (Å²) in [5.41, 5.74) is 7.62. The molecule has 1 aromatic carbocycles. The van der Waals surface area contributed by atoms with E-state index in [1.54, 1.807) is 12.1 Å².